The first-order valence-corrected chi connectivity index (χ1v) is 13.1. The maximum Gasteiger partial charge on any atom is 0.318 e. The molecule has 0 fully saturated rings. The minimum atomic E-state index is -0.188. The van der Waals surface area contributed by atoms with Gasteiger partial charge in [-0.05, 0) is 74.4 Å². The summed E-state index contributed by atoms with van der Waals surface area (Å²) in [4.78, 5) is 17.2. The van der Waals surface area contributed by atoms with E-state index in [1.54, 1.807) is 7.11 Å². The number of methoxy groups -OCH3 is 1. The van der Waals surface area contributed by atoms with Crippen molar-refractivity contribution < 1.29 is 14.3 Å². The number of carbonyl (C=O) groups is 1. The zero-order valence-electron chi connectivity index (χ0n) is 20.0. The monoisotopic (exact) mass is 479 g/mol. The number of benzene rings is 1. The van der Waals surface area contributed by atoms with Crippen molar-refractivity contribution in [3.8, 4) is 10.8 Å². The van der Waals surface area contributed by atoms with E-state index in [4.69, 9.17) is 9.47 Å². The molecule has 2 amide bonds. The summed E-state index contributed by atoms with van der Waals surface area (Å²) < 4.78 is 13.2. The summed E-state index contributed by atoms with van der Waals surface area (Å²) in [6.07, 6.45) is 7.67. The van der Waals surface area contributed by atoms with Gasteiger partial charge in [0.25, 0.3) is 0 Å². The third-order valence-electron chi connectivity index (χ3n) is 6.75. The molecule has 0 unspecified atom stereocenters. The van der Waals surface area contributed by atoms with Gasteiger partial charge in [0.05, 0.1) is 24.9 Å². The van der Waals surface area contributed by atoms with Crippen LogP contribution < -0.4 is 10.1 Å². The van der Waals surface area contributed by atoms with Gasteiger partial charge in [-0.1, -0.05) is 12.1 Å². The third-order valence-corrected chi connectivity index (χ3v) is 8.08. The van der Waals surface area contributed by atoms with E-state index in [0.29, 0.717) is 26.3 Å². The Hall–Kier alpha value is -2.77. The van der Waals surface area contributed by atoms with Crippen molar-refractivity contribution in [3.63, 3.8) is 0 Å². The van der Waals surface area contributed by atoms with E-state index in [2.05, 4.69) is 40.3 Å². The molecule has 0 saturated carbocycles. The lowest BCUT2D eigenvalue weighted by atomic mass is 9.95. The molecule has 3 heterocycles. The van der Waals surface area contributed by atoms with Gasteiger partial charge in [0, 0.05) is 36.9 Å². The largest absolute Gasteiger partial charge is 0.494 e. The van der Waals surface area contributed by atoms with Gasteiger partial charge < -0.3 is 24.3 Å². The summed E-state index contributed by atoms with van der Waals surface area (Å²) in [5, 5.41) is 4.42. The van der Waals surface area contributed by atoms with Crippen molar-refractivity contribution >= 4 is 17.4 Å². The van der Waals surface area contributed by atoms with E-state index < -0.39 is 0 Å². The average Bonchev–Trinajstić information content (AvgIpc) is 3.44. The molecule has 1 aromatic carbocycles. The second-order valence-electron chi connectivity index (χ2n) is 8.91. The number of urea groups is 1. The van der Waals surface area contributed by atoms with Gasteiger partial charge in [-0.15, -0.1) is 11.3 Å². The highest BCUT2D eigenvalue weighted by atomic mass is 32.1. The van der Waals surface area contributed by atoms with Crippen LogP contribution in [0.3, 0.4) is 0 Å². The van der Waals surface area contributed by atoms with Crippen LogP contribution in [0.15, 0.2) is 42.6 Å². The lowest BCUT2D eigenvalue weighted by Crippen LogP contribution is -2.42. The van der Waals surface area contributed by atoms with Crippen molar-refractivity contribution in [3.05, 3.63) is 69.9 Å². The van der Waals surface area contributed by atoms with E-state index in [0.717, 1.165) is 36.3 Å². The molecule has 1 aliphatic carbocycles. The van der Waals surface area contributed by atoms with E-state index in [1.165, 1.54) is 33.8 Å². The molecule has 0 bridgehead atoms. The maximum atomic E-state index is 13.6. The zero-order valence-corrected chi connectivity index (χ0v) is 20.8. The quantitative estimate of drug-likeness (QED) is 0.458. The van der Waals surface area contributed by atoms with Crippen molar-refractivity contribution in [2.24, 2.45) is 0 Å². The van der Waals surface area contributed by atoms with Gasteiger partial charge >= 0.3 is 6.03 Å². The van der Waals surface area contributed by atoms with Crippen molar-refractivity contribution in [1.29, 1.82) is 0 Å². The standard InChI is InChI=1S/C27H33N3O3S/c1-3-33-20-13-11-19(12-14-20)25-23-9-6-16-29(23)26-22(21-8-4-5-10-24(21)34-26)18-30(25)27(31)28-15-7-17-32-2/h6,9,11-14,16,25H,3-5,7-8,10,15,17-18H2,1-2H3,(H,28,31)/t25-/m0/s1. The van der Waals surface area contributed by atoms with Gasteiger partial charge in [0.1, 0.15) is 10.8 Å². The van der Waals surface area contributed by atoms with Crippen molar-refractivity contribution in [1.82, 2.24) is 14.8 Å². The number of fused-ring (bicyclic) bond motifs is 5. The lowest BCUT2D eigenvalue weighted by molar-refractivity contribution is 0.174. The van der Waals surface area contributed by atoms with Crippen molar-refractivity contribution in [2.75, 3.05) is 26.9 Å². The Morgan fingerprint density at radius 1 is 1.15 bits per heavy atom. The highest BCUT2D eigenvalue weighted by Crippen LogP contribution is 2.44. The normalized spacial score (nSPS) is 16.9. The Morgan fingerprint density at radius 3 is 2.76 bits per heavy atom. The topological polar surface area (TPSA) is 55.7 Å². The predicted molar refractivity (Wildman–Crippen MR) is 135 cm³/mol. The van der Waals surface area contributed by atoms with Crippen LogP contribution in [-0.2, 0) is 24.1 Å². The SMILES string of the molecule is CCOc1ccc([C@H]2c3cccn3-c3sc4c(c3CN2C(=O)NCCCOC)CCCC4)cc1. The Kier molecular flexibility index (Phi) is 6.92. The molecular weight excluding hydrogens is 446 g/mol. The number of carbonyl (C=O) groups excluding carboxylic acids is 1. The third kappa shape index (κ3) is 4.34. The van der Waals surface area contributed by atoms with Crippen LogP contribution in [-0.4, -0.2) is 42.4 Å². The Bertz CT molecular complexity index is 1130. The molecule has 1 N–H and O–H groups in total. The Labute approximate surface area is 205 Å². The van der Waals surface area contributed by atoms with E-state index in [-0.39, 0.29) is 12.1 Å². The molecule has 1 aliphatic heterocycles. The molecule has 7 heteroatoms. The molecule has 34 heavy (non-hydrogen) atoms. The number of ether oxygens (including phenoxy) is 2. The van der Waals surface area contributed by atoms with Crippen LogP contribution in [0, 0.1) is 0 Å². The molecule has 0 saturated heterocycles. The van der Waals surface area contributed by atoms with E-state index in [9.17, 15) is 4.79 Å². The minimum absolute atomic E-state index is 0.0358. The predicted octanol–water partition coefficient (Wildman–Crippen LogP) is 5.47. The van der Waals surface area contributed by atoms with Crippen LogP contribution in [0.25, 0.3) is 5.00 Å². The van der Waals surface area contributed by atoms with Gasteiger partial charge in [0.15, 0.2) is 0 Å². The molecule has 5 rings (SSSR count). The molecule has 3 aromatic rings. The number of hydrogen-bond acceptors (Lipinski definition) is 4. The second-order valence-corrected chi connectivity index (χ2v) is 9.99. The van der Waals surface area contributed by atoms with E-state index in [1.807, 2.05) is 35.3 Å². The highest BCUT2D eigenvalue weighted by Gasteiger charge is 2.35. The first-order valence-electron chi connectivity index (χ1n) is 12.3. The van der Waals surface area contributed by atoms with Crippen molar-refractivity contribution in [2.45, 2.75) is 51.6 Å². The van der Waals surface area contributed by atoms with Gasteiger partial charge in [-0.3, -0.25) is 0 Å². The summed E-state index contributed by atoms with van der Waals surface area (Å²) in [6, 6.07) is 12.2. The van der Waals surface area contributed by atoms with Gasteiger partial charge in [-0.25, -0.2) is 4.79 Å². The number of thiophene rings is 1. The molecular formula is C27H33N3O3S. The number of aromatic nitrogens is 1. The number of rotatable bonds is 7. The summed E-state index contributed by atoms with van der Waals surface area (Å²) in [5.41, 5.74) is 4.99. The lowest BCUT2D eigenvalue weighted by Gasteiger charge is -2.31. The highest BCUT2D eigenvalue weighted by molar-refractivity contribution is 7.15. The molecule has 2 aromatic heterocycles. The number of nitrogens with one attached hydrogen (secondary N) is 1. The summed E-state index contributed by atoms with van der Waals surface area (Å²) in [7, 11) is 1.69. The molecule has 0 spiro atoms. The molecule has 2 aliphatic rings. The fourth-order valence-corrected chi connectivity index (χ4v) is 6.57. The summed E-state index contributed by atoms with van der Waals surface area (Å²) in [5.74, 6) is 0.846. The maximum absolute atomic E-state index is 13.6. The number of hydrogen-bond donors (Lipinski definition) is 1. The van der Waals surface area contributed by atoms with Crippen LogP contribution in [0.2, 0.25) is 0 Å². The average molecular weight is 480 g/mol. The first kappa shape index (κ1) is 23.0. The van der Waals surface area contributed by atoms with Crippen LogP contribution in [0.1, 0.15) is 59.5 Å². The summed E-state index contributed by atoms with van der Waals surface area (Å²) in [6.45, 7) is 4.45. The van der Waals surface area contributed by atoms with Crippen LogP contribution >= 0.6 is 11.3 Å². The zero-order chi connectivity index (χ0) is 23.5. The fraction of sp³-hybridized carbons (Fsp3) is 0.444. The summed E-state index contributed by atoms with van der Waals surface area (Å²) >= 11 is 1.91. The number of aryl methyl sites for hydroxylation is 1. The van der Waals surface area contributed by atoms with Crippen LogP contribution in [0.4, 0.5) is 4.79 Å². The minimum Gasteiger partial charge on any atom is -0.494 e. The Morgan fingerprint density at radius 2 is 1.97 bits per heavy atom. The number of amides is 2. The second kappa shape index (κ2) is 10.2. The van der Waals surface area contributed by atoms with E-state index >= 15 is 0 Å². The van der Waals surface area contributed by atoms with Crippen LogP contribution in [0.5, 0.6) is 5.75 Å². The van der Waals surface area contributed by atoms with Gasteiger partial charge in [-0.2, -0.15) is 0 Å². The first-order chi connectivity index (χ1) is 16.7. The molecule has 0 radical (unpaired) electrons. The van der Waals surface area contributed by atoms with Gasteiger partial charge in [0.2, 0.25) is 0 Å². The smallest absolute Gasteiger partial charge is 0.318 e. The fourth-order valence-electron chi connectivity index (χ4n) is 5.16. The molecule has 180 valence electrons. The number of nitrogens with zero attached hydrogens (tertiary/aromatic N) is 2. The molecule has 1 atom stereocenters. The Balaban J connectivity index is 1.57. The molecule has 6 nitrogen and oxygen atoms in total.